The van der Waals surface area contributed by atoms with E-state index in [-0.39, 0.29) is 6.61 Å². The van der Waals surface area contributed by atoms with Gasteiger partial charge in [0.15, 0.2) is 11.5 Å². The van der Waals surface area contributed by atoms with E-state index < -0.39 is 0 Å². The van der Waals surface area contributed by atoms with E-state index in [0.717, 1.165) is 23.0 Å². The topological polar surface area (TPSA) is 74.1 Å². The van der Waals surface area contributed by atoms with Crippen LogP contribution in [0.15, 0.2) is 35.5 Å². The summed E-state index contributed by atoms with van der Waals surface area (Å²) in [5.74, 6) is 1.93. The molecule has 0 radical (unpaired) electrons. The van der Waals surface area contributed by atoms with Crippen molar-refractivity contribution < 1.29 is 9.47 Å². The maximum absolute atomic E-state index is 6.45. The monoisotopic (exact) mass is 487 g/mol. The largest absolute Gasteiger partial charge is 0.493 e. The fraction of sp³-hybridized carbons (Fsp3) is 0.316. The lowest BCUT2D eigenvalue weighted by Gasteiger charge is -2.15. The van der Waals surface area contributed by atoms with Gasteiger partial charge in [-0.15, -0.1) is 5.10 Å². The lowest BCUT2D eigenvalue weighted by atomic mass is 10.2. The number of hydrogen-bond donors (Lipinski definition) is 1. The van der Waals surface area contributed by atoms with Crippen LogP contribution < -0.4 is 14.8 Å². The minimum atomic E-state index is 0.205. The molecule has 1 aromatic heterocycles. The lowest BCUT2D eigenvalue weighted by molar-refractivity contribution is 0.284. The Morgan fingerprint density at radius 1 is 1.10 bits per heavy atom. The highest BCUT2D eigenvalue weighted by atomic mass is 35.5. The normalized spacial score (nSPS) is 11.0. The minimum absolute atomic E-state index is 0.205. The summed E-state index contributed by atoms with van der Waals surface area (Å²) in [6, 6.07) is 8.92. The summed E-state index contributed by atoms with van der Waals surface area (Å²) in [5, 5.41) is 17.1. The highest BCUT2D eigenvalue weighted by Crippen LogP contribution is 2.35. The molecule has 0 spiro atoms. The Bertz CT molecular complexity index is 982. The Labute approximate surface area is 194 Å². The number of halogens is 3. The van der Waals surface area contributed by atoms with Gasteiger partial charge in [-0.25, -0.2) is 4.68 Å². The first-order chi connectivity index (χ1) is 14.5. The van der Waals surface area contributed by atoms with Gasteiger partial charge >= 0.3 is 0 Å². The molecule has 3 rings (SSSR count). The van der Waals surface area contributed by atoms with Crippen LogP contribution in [0.4, 0.5) is 0 Å². The molecule has 0 aliphatic heterocycles. The Balaban J connectivity index is 1.57. The van der Waals surface area contributed by atoms with Crippen molar-refractivity contribution in [1.29, 1.82) is 0 Å². The number of rotatable bonds is 10. The smallest absolute Gasteiger partial charge is 0.209 e. The number of aryl methyl sites for hydroxylation is 1. The van der Waals surface area contributed by atoms with Gasteiger partial charge in [0.05, 0.1) is 7.11 Å². The molecule has 30 heavy (non-hydrogen) atoms. The van der Waals surface area contributed by atoms with E-state index in [1.165, 1.54) is 0 Å². The van der Waals surface area contributed by atoms with Gasteiger partial charge in [-0.2, -0.15) is 0 Å². The first-order valence-corrected chi connectivity index (χ1v) is 11.1. The van der Waals surface area contributed by atoms with E-state index in [0.29, 0.717) is 38.7 Å². The summed E-state index contributed by atoms with van der Waals surface area (Å²) >= 11 is 20.4. The molecule has 2 aromatic carbocycles. The number of thioether (sulfide) groups is 1. The van der Waals surface area contributed by atoms with E-state index in [4.69, 9.17) is 44.3 Å². The van der Waals surface area contributed by atoms with Crippen molar-refractivity contribution in [3.05, 3.63) is 56.5 Å². The van der Waals surface area contributed by atoms with Gasteiger partial charge < -0.3 is 14.8 Å². The van der Waals surface area contributed by atoms with Crippen LogP contribution in [-0.4, -0.2) is 39.6 Å². The molecule has 1 heterocycles. The molecule has 1 N–H and O–H groups in total. The second-order valence-electron chi connectivity index (χ2n) is 6.19. The predicted molar refractivity (Wildman–Crippen MR) is 120 cm³/mol. The highest BCUT2D eigenvalue weighted by molar-refractivity contribution is 7.99. The molecule has 0 aliphatic rings. The third kappa shape index (κ3) is 5.92. The van der Waals surface area contributed by atoms with E-state index in [1.807, 2.05) is 13.1 Å². The molecular weight excluding hydrogens is 469 g/mol. The molecule has 0 unspecified atom stereocenters. The van der Waals surface area contributed by atoms with Crippen LogP contribution in [0.1, 0.15) is 11.1 Å². The number of nitrogens with one attached hydrogen (secondary N) is 1. The summed E-state index contributed by atoms with van der Waals surface area (Å²) in [6.07, 6.45) is 0. The van der Waals surface area contributed by atoms with Crippen LogP contribution in [0.3, 0.4) is 0 Å². The predicted octanol–water partition coefficient (Wildman–Crippen LogP) is 4.64. The maximum Gasteiger partial charge on any atom is 0.209 e. The number of hydrogen-bond acceptors (Lipinski definition) is 7. The molecule has 0 fully saturated rings. The zero-order valence-corrected chi connectivity index (χ0v) is 19.4. The number of ether oxygens (including phenoxy) is 2. The zero-order chi connectivity index (χ0) is 21.5. The lowest BCUT2D eigenvalue weighted by Crippen LogP contribution is -2.17. The first kappa shape index (κ1) is 23.0. The molecule has 0 aliphatic carbocycles. The maximum atomic E-state index is 6.45. The molecule has 0 amide bonds. The van der Waals surface area contributed by atoms with Gasteiger partial charge in [0, 0.05) is 52.6 Å². The average Bonchev–Trinajstić information content (AvgIpc) is 3.13. The fourth-order valence-corrected chi connectivity index (χ4v) is 4.06. The third-order valence-corrected chi connectivity index (χ3v) is 6.25. The van der Waals surface area contributed by atoms with Gasteiger partial charge in [-0.05, 0) is 34.2 Å². The average molecular weight is 489 g/mol. The molecule has 0 bridgehead atoms. The molecule has 0 atom stereocenters. The van der Waals surface area contributed by atoms with E-state index in [2.05, 4.69) is 20.8 Å². The van der Waals surface area contributed by atoms with Crippen LogP contribution in [0.25, 0.3) is 0 Å². The number of benzene rings is 2. The summed E-state index contributed by atoms with van der Waals surface area (Å²) in [6.45, 7) is 1.56. The van der Waals surface area contributed by atoms with E-state index >= 15 is 0 Å². The third-order valence-electron chi connectivity index (χ3n) is 4.17. The van der Waals surface area contributed by atoms with E-state index in [1.54, 1.807) is 47.8 Å². The van der Waals surface area contributed by atoms with Crippen molar-refractivity contribution in [2.24, 2.45) is 7.05 Å². The summed E-state index contributed by atoms with van der Waals surface area (Å²) in [5.41, 5.74) is 1.61. The standard InChI is InChI=1S/C19H20Cl3N5O2S/c1-27-19(24-25-26-27)30-7-6-23-10-12-8-17(28-2)18(9-16(12)22)29-11-13-14(20)4-3-5-15(13)21/h3-5,8-9,23H,6-7,10-11H2,1-2H3. The molecule has 0 saturated carbocycles. The van der Waals surface area contributed by atoms with Crippen molar-refractivity contribution in [3.63, 3.8) is 0 Å². The Morgan fingerprint density at radius 3 is 2.53 bits per heavy atom. The van der Waals surface area contributed by atoms with Crippen LogP contribution >= 0.6 is 46.6 Å². The van der Waals surface area contributed by atoms with E-state index in [9.17, 15) is 0 Å². The number of nitrogens with zero attached hydrogens (tertiary/aromatic N) is 4. The highest BCUT2D eigenvalue weighted by Gasteiger charge is 2.13. The quantitative estimate of drug-likeness (QED) is 0.329. The molecular formula is C19H20Cl3N5O2S. The SMILES string of the molecule is COc1cc(CNCCSc2nnnn2C)c(Cl)cc1OCc1c(Cl)cccc1Cl. The second kappa shape index (κ2) is 11.1. The Kier molecular flexibility index (Phi) is 8.47. The van der Waals surface area contributed by atoms with Crippen molar-refractivity contribution in [3.8, 4) is 11.5 Å². The Morgan fingerprint density at radius 2 is 1.87 bits per heavy atom. The van der Waals surface area contributed by atoms with Crippen molar-refractivity contribution >= 4 is 46.6 Å². The van der Waals surface area contributed by atoms with Crippen molar-refractivity contribution in [1.82, 2.24) is 25.5 Å². The molecule has 160 valence electrons. The summed E-state index contributed by atoms with van der Waals surface area (Å²) < 4.78 is 13.0. The van der Waals surface area contributed by atoms with Crippen LogP contribution in [0.5, 0.6) is 11.5 Å². The van der Waals surface area contributed by atoms with Crippen LogP contribution in [0.2, 0.25) is 15.1 Å². The first-order valence-electron chi connectivity index (χ1n) is 8.97. The van der Waals surface area contributed by atoms with Crippen molar-refractivity contribution in [2.75, 3.05) is 19.4 Å². The zero-order valence-electron chi connectivity index (χ0n) is 16.4. The van der Waals surface area contributed by atoms with Gasteiger partial charge in [0.25, 0.3) is 0 Å². The van der Waals surface area contributed by atoms with Gasteiger partial charge in [0.1, 0.15) is 6.61 Å². The minimum Gasteiger partial charge on any atom is -0.493 e. The van der Waals surface area contributed by atoms with Gasteiger partial charge in [-0.3, -0.25) is 0 Å². The second-order valence-corrected chi connectivity index (χ2v) is 8.48. The molecule has 3 aromatic rings. The summed E-state index contributed by atoms with van der Waals surface area (Å²) in [4.78, 5) is 0. The molecule has 11 heteroatoms. The molecule has 0 saturated heterocycles. The Hall–Kier alpha value is -1.71. The number of tetrazole rings is 1. The number of aromatic nitrogens is 4. The fourth-order valence-electron chi connectivity index (χ4n) is 2.59. The van der Waals surface area contributed by atoms with Crippen LogP contribution in [0, 0.1) is 0 Å². The van der Waals surface area contributed by atoms with Crippen molar-refractivity contribution in [2.45, 2.75) is 18.3 Å². The summed E-state index contributed by atoms with van der Waals surface area (Å²) in [7, 11) is 3.40. The molecule has 7 nitrogen and oxygen atoms in total. The van der Waals surface area contributed by atoms with Gasteiger partial charge in [-0.1, -0.05) is 52.6 Å². The van der Waals surface area contributed by atoms with Crippen LogP contribution in [-0.2, 0) is 20.2 Å². The van der Waals surface area contributed by atoms with Gasteiger partial charge in [0.2, 0.25) is 5.16 Å². The number of methoxy groups -OCH3 is 1.